The van der Waals surface area contributed by atoms with E-state index in [1.807, 2.05) is 54.6 Å². The molecule has 0 saturated carbocycles. The summed E-state index contributed by atoms with van der Waals surface area (Å²) in [4.78, 5) is 50.7. The Morgan fingerprint density at radius 3 is 1.48 bits per heavy atom. The van der Waals surface area contributed by atoms with Crippen molar-refractivity contribution in [2.45, 2.75) is 68.9 Å². The van der Waals surface area contributed by atoms with Gasteiger partial charge in [0.05, 0.1) is 0 Å². The fourth-order valence-corrected chi connectivity index (χ4v) is 6.47. The van der Waals surface area contributed by atoms with Crippen LogP contribution < -0.4 is 0 Å². The van der Waals surface area contributed by atoms with E-state index in [4.69, 9.17) is 27.9 Å². The Hall–Kier alpha value is -5.12. The van der Waals surface area contributed by atoms with Gasteiger partial charge < -0.3 is 4.74 Å². The van der Waals surface area contributed by atoms with Gasteiger partial charge in [-0.05, 0) is 95.8 Å². The number of esters is 2. The van der Waals surface area contributed by atoms with Crippen LogP contribution in [0.3, 0.4) is 0 Å². The van der Waals surface area contributed by atoms with E-state index >= 15 is 8.78 Å². The first-order chi connectivity index (χ1) is 25.9. The summed E-state index contributed by atoms with van der Waals surface area (Å²) in [5.41, 5.74) is -0.784. The lowest BCUT2D eigenvalue weighted by Gasteiger charge is -2.27. The summed E-state index contributed by atoms with van der Waals surface area (Å²) >= 11 is 12.0. The van der Waals surface area contributed by atoms with Gasteiger partial charge in [-0.3, -0.25) is 0 Å². The molecule has 11 heteroatoms. The van der Waals surface area contributed by atoms with Crippen LogP contribution in [0.5, 0.6) is 0 Å². The van der Waals surface area contributed by atoms with Crippen molar-refractivity contribution in [1.82, 2.24) is 0 Å². The molecule has 0 bridgehead atoms. The molecular formula is C43H38Cl2F2N2O5. The molecule has 4 unspecified atom stereocenters. The first-order valence-electron chi connectivity index (χ1n) is 17.5. The van der Waals surface area contributed by atoms with E-state index < -0.39 is 54.6 Å². The molecule has 7 nitrogen and oxygen atoms in total. The minimum absolute atomic E-state index is 0.186. The fourth-order valence-electron chi connectivity index (χ4n) is 6.21. The van der Waals surface area contributed by atoms with Crippen LogP contribution in [-0.4, -0.2) is 23.3 Å². The number of aryl methyl sites for hydroxylation is 1. The lowest BCUT2D eigenvalue weighted by atomic mass is 9.87. The van der Waals surface area contributed by atoms with Gasteiger partial charge in [0.25, 0.3) is 0 Å². The van der Waals surface area contributed by atoms with Crippen LogP contribution in [0.1, 0.15) is 67.8 Å². The van der Waals surface area contributed by atoms with E-state index in [-0.39, 0.29) is 6.42 Å². The Balaban J connectivity index is 1.30. The maximum absolute atomic E-state index is 16.9. The van der Waals surface area contributed by atoms with E-state index in [1.54, 1.807) is 72.8 Å². The third kappa shape index (κ3) is 10.5. The van der Waals surface area contributed by atoms with Crippen molar-refractivity contribution in [3.63, 3.8) is 0 Å². The highest BCUT2D eigenvalue weighted by molar-refractivity contribution is 6.30. The zero-order valence-corrected chi connectivity index (χ0v) is 31.0. The van der Waals surface area contributed by atoms with Crippen LogP contribution in [0.2, 0.25) is 10.0 Å². The highest BCUT2D eigenvalue weighted by Crippen LogP contribution is 2.38. The lowest BCUT2D eigenvalue weighted by Crippen LogP contribution is -2.43. The number of carbonyl (C=O) groups is 2. The Morgan fingerprint density at radius 1 is 0.611 bits per heavy atom. The Morgan fingerprint density at radius 2 is 1.04 bits per heavy atom. The largest absolute Gasteiger partial charge is 0.388 e. The van der Waals surface area contributed by atoms with Gasteiger partial charge in [-0.25, -0.2) is 18.4 Å². The number of alkyl halides is 2. The standard InChI is InChI=1S/C43H38Cl2F2N2O5/c1-42(46,27-38(48-52)34-14-10-30(11-15-34)32-18-22-36(44)23-19-32)40(50)54-41(51)43(47,26-6-5-9-29-7-3-2-4-8-29)28-39(49-53)35-16-12-31(13-17-35)33-20-24-37(45)25-21-33/h2-4,7-8,10-25,38-39H,5-6,9,26-28H2,1H3. The molecule has 0 aliphatic carbocycles. The molecule has 0 spiro atoms. The number of ether oxygens (including phenoxy) is 1. The van der Waals surface area contributed by atoms with Crippen LogP contribution in [0.4, 0.5) is 8.78 Å². The van der Waals surface area contributed by atoms with Gasteiger partial charge >= 0.3 is 11.9 Å². The molecule has 0 fully saturated rings. The molecule has 4 atom stereocenters. The summed E-state index contributed by atoms with van der Waals surface area (Å²) in [5.74, 6) is -3.31. The van der Waals surface area contributed by atoms with Gasteiger partial charge in [0.15, 0.2) is 0 Å². The van der Waals surface area contributed by atoms with E-state index in [0.29, 0.717) is 34.0 Å². The van der Waals surface area contributed by atoms with Gasteiger partial charge in [0.1, 0.15) is 12.1 Å². The molecule has 0 radical (unpaired) electrons. The average molecular weight is 772 g/mol. The maximum atomic E-state index is 16.9. The quantitative estimate of drug-likeness (QED) is 0.0405. The van der Waals surface area contributed by atoms with E-state index in [1.165, 1.54) is 0 Å². The van der Waals surface area contributed by atoms with Crippen molar-refractivity contribution in [1.29, 1.82) is 0 Å². The fraction of sp³-hybridized carbons (Fsp3) is 0.256. The van der Waals surface area contributed by atoms with Crippen molar-refractivity contribution in [2.75, 3.05) is 0 Å². The maximum Gasteiger partial charge on any atom is 0.351 e. The number of nitroso groups, excluding NO2 is 2. The Kier molecular flexibility index (Phi) is 13.6. The third-order valence-corrected chi connectivity index (χ3v) is 9.91. The average Bonchev–Trinajstić information content (AvgIpc) is 3.19. The number of carbonyl (C=O) groups excluding carboxylic acids is 2. The number of nitrogens with zero attached hydrogens (tertiary/aromatic N) is 2. The molecule has 0 aliphatic heterocycles. The second-order valence-corrected chi connectivity index (χ2v) is 14.3. The minimum Gasteiger partial charge on any atom is -0.388 e. The molecule has 54 heavy (non-hydrogen) atoms. The first kappa shape index (κ1) is 40.1. The van der Waals surface area contributed by atoms with Crippen molar-refractivity contribution < 1.29 is 23.1 Å². The topological polar surface area (TPSA) is 102 Å². The second kappa shape index (κ2) is 18.3. The van der Waals surface area contributed by atoms with Gasteiger partial charge in [-0.2, -0.15) is 9.81 Å². The summed E-state index contributed by atoms with van der Waals surface area (Å²) in [6.07, 6.45) is -0.659. The van der Waals surface area contributed by atoms with Crippen LogP contribution in [0.25, 0.3) is 22.3 Å². The van der Waals surface area contributed by atoms with Crippen LogP contribution in [0.15, 0.2) is 138 Å². The summed E-state index contributed by atoms with van der Waals surface area (Å²) < 4.78 is 37.8. The third-order valence-electron chi connectivity index (χ3n) is 9.40. The van der Waals surface area contributed by atoms with Gasteiger partial charge in [-0.15, -0.1) is 0 Å². The molecule has 278 valence electrons. The van der Waals surface area contributed by atoms with Crippen LogP contribution in [0, 0.1) is 9.81 Å². The predicted octanol–water partition coefficient (Wildman–Crippen LogP) is 12.3. The Labute approximate surface area is 322 Å². The monoisotopic (exact) mass is 770 g/mol. The molecule has 0 aromatic heterocycles. The number of benzene rings is 5. The molecule has 0 N–H and O–H groups in total. The number of hydrogen-bond donors (Lipinski definition) is 0. The van der Waals surface area contributed by atoms with Gasteiger partial charge in [0.2, 0.25) is 11.3 Å². The molecule has 0 heterocycles. The van der Waals surface area contributed by atoms with Crippen molar-refractivity contribution in [3.8, 4) is 22.3 Å². The Bertz CT molecular complexity index is 2030. The number of unbranched alkanes of at least 4 members (excludes halogenated alkanes) is 1. The molecule has 5 aromatic carbocycles. The lowest BCUT2D eigenvalue weighted by molar-refractivity contribution is -0.177. The smallest absolute Gasteiger partial charge is 0.351 e. The molecule has 0 saturated heterocycles. The second-order valence-electron chi connectivity index (χ2n) is 13.4. The van der Waals surface area contributed by atoms with Crippen molar-refractivity contribution in [3.05, 3.63) is 164 Å². The van der Waals surface area contributed by atoms with E-state index in [9.17, 15) is 19.4 Å². The van der Waals surface area contributed by atoms with Gasteiger partial charge in [-0.1, -0.05) is 137 Å². The zero-order valence-electron chi connectivity index (χ0n) is 29.5. The number of halogens is 4. The summed E-state index contributed by atoms with van der Waals surface area (Å²) in [7, 11) is 0. The normalized spacial score (nSPS) is 14.5. The molecular weight excluding hydrogens is 733 g/mol. The summed E-state index contributed by atoms with van der Waals surface area (Å²) in [5, 5.41) is 7.30. The van der Waals surface area contributed by atoms with Crippen molar-refractivity contribution in [2.24, 2.45) is 10.4 Å². The van der Waals surface area contributed by atoms with Gasteiger partial charge in [0, 0.05) is 22.9 Å². The SMILES string of the molecule is CC(F)(CC(N=O)c1ccc(-c2ccc(Cl)cc2)cc1)C(=O)OC(=O)C(F)(CCCCc1ccccc1)CC(N=O)c1ccc(-c2ccc(Cl)cc2)cc1. The molecule has 0 aliphatic rings. The number of hydrogen-bond acceptors (Lipinski definition) is 7. The first-order valence-corrected chi connectivity index (χ1v) is 18.2. The molecule has 5 aromatic rings. The zero-order chi connectivity index (χ0) is 38.7. The highest BCUT2D eigenvalue weighted by atomic mass is 35.5. The number of rotatable bonds is 17. The van der Waals surface area contributed by atoms with Crippen LogP contribution in [-0.2, 0) is 20.7 Å². The van der Waals surface area contributed by atoms with E-state index in [2.05, 4.69) is 10.4 Å². The van der Waals surface area contributed by atoms with Crippen LogP contribution >= 0.6 is 23.2 Å². The minimum atomic E-state index is -2.91. The summed E-state index contributed by atoms with van der Waals surface area (Å²) in [6.45, 7) is 0.848. The summed E-state index contributed by atoms with van der Waals surface area (Å²) in [6, 6.07) is 34.3. The molecule has 5 rings (SSSR count). The van der Waals surface area contributed by atoms with Crippen molar-refractivity contribution >= 4 is 35.1 Å². The molecule has 0 amide bonds. The predicted molar refractivity (Wildman–Crippen MR) is 209 cm³/mol. The van der Waals surface area contributed by atoms with E-state index in [0.717, 1.165) is 34.7 Å². The highest BCUT2D eigenvalue weighted by Gasteiger charge is 2.47.